The van der Waals surface area contributed by atoms with Gasteiger partial charge in [0.2, 0.25) is 0 Å². The van der Waals surface area contributed by atoms with Crippen LogP contribution in [0, 0.1) is 0 Å². The van der Waals surface area contributed by atoms with Crippen molar-refractivity contribution in [1.29, 1.82) is 0 Å². The van der Waals surface area contributed by atoms with Gasteiger partial charge in [0, 0.05) is 0 Å². The normalized spacial score (nSPS) is 13.5. The van der Waals surface area contributed by atoms with E-state index in [-0.39, 0.29) is 0 Å². The van der Waals surface area contributed by atoms with Crippen molar-refractivity contribution < 1.29 is 5.11 Å². The van der Waals surface area contributed by atoms with Crippen molar-refractivity contribution in [2.24, 2.45) is 0 Å². The molecule has 1 nitrogen and oxygen atoms in total. The average molecular weight is 162 g/mol. The van der Waals surface area contributed by atoms with Crippen LogP contribution in [0.1, 0.15) is 25.0 Å². The summed E-state index contributed by atoms with van der Waals surface area (Å²) in [7, 11) is 0. The first-order valence-electron chi connectivity index (χ1n) is 4.24. The first-order valence-corrected chi connectivity index (χ1v) is 4.24. The van der Waals surface area contributed by atoms with Crippen molar-refractivity contribution in [3.63, 3.8) is 0 Å². The van der Waals surface area contributed by atoms with Crippen LogP contribution in [-0.2, 0) is 0 Å². The Hall–Kier alpha value is -1.08. The molecule has 0 saturated heterocycles. The summed E-state index contributed by atoms with van der Waals surface area (Å²) in [6.07, 6.45) is 4.29. The molecule has 1 heteroatoms. The van der Waals surface area contributed by atoms with Crippen molar-refractivity contribution in [2.75, 3.05) is 0 Å². The van der Waals surface area contributed by atoms with Crippen LogP contribution in [0.15, 0.2) is 42.5 Å². The van der Waals surface area contributed by atoms with Crippen molar-refractivity contribution in [1.82, 2.24) is 0 Å². The van der Waals surface area contributed by atoms with Crippen LogP contribution in [0.25, 0.3) is 0 Å². The van der Waals surface area contributed by atoms with Gasteiger partial charge in [0.1, 0.15) is 0 Å². The minimum Gasteiger partial charge on any atom is -0.384 e. The number of hydrogen-bond acceptors (Lipinski definition) is 1. The van der Waals surface area contributed by atoms with E-state index in [1.807, 2.05) is 49.4 Å². The van der Waals surface area contributed by atoms with Crippen LogP contribution in [-0.4, -0.2) is 5.11 Å². The van der Waals surface area contributed by atoms with E-state index in [1.54, 1.807) is 0 Å². The topological polar surface area (TPSA) is 20.2 Å². The molecule has 0 radical (unpaired) electrons. The molecule has 0 heterocycles. The van der Waals surface area contributed by atoms with Crippen molar-refractivity contribution in [3.05, 3.63) is 48.0 Å². The lowest BCUT2D eigenvalue weighted by Crippen LogP contribution is -1.91. The van der Waals surface area contributed by atoms with Gasteiger partial charge in [-0.25, -0.2) is 0 Å². The molecule has 0 fully saturated rings. The minimum absolute atomic E-state index is 0.453. The lowest BCUT2D eigenvalue weighted by atomic mass is 10.1. The van der Waals surface area contributed by atoms with Gasteiger partial charge < -0.3 is 5.11 Å². The number of rotatable bonds is 3. The van der Waals surface area contributed by atoms with Gasteiger partial charge in [-0.1, -0.05) is 49.4 Å². The molecule has 0 aliphatic carbocycles. The molecule has 0 saturated carbocycles. The average Bonchev–Trinajstić information content (AvgIpc) is 2.15. The predicted molar refractivity (Wildman–Crippen MR) is 50.8 cm³/mol. The zero-order chi connectivity index (χ0) is 8.81. The summed E-state index contributed by atoms with van der Waals surface area (Å²) in [5.41, 5.74) is 0.946. The predicted octanol–water partition coefficient (Wildman–Crippen LogP) is 2.69. The van der Waals surface area contributed by atoms with Crippen LogP contribution in [0.3, 0.4) is 0 Å². The van der Waals surface area contributed by atoms with Crippen LogP contribution in [0.2, 0.25) is 0 Å². The van der Waals surface area contributed by atoms with E-state index in [4.69, 9.17) is 0 Å². The summed E-state index contributed by atoms with van der Waals surface area (Å²) in [5, 5.41) is 9.56. The third-order valence-corrected chi connectivity index (χ3v) is 1.70. The number of allylic oxidation sites excluding steroid dienone is 1. The van der Waals surface area contributed by atoms with Gasteiger partial charge in [-0.3, -0.25) is 0 Å². The van der Waals surface area contributed by atoms with Gasteiger partial charge in [0.15, 0.2) is 0 Å². The fraction of sp³-hybridized carbons (Fsp3) is 0.273. The molecule has 1 aromatic carbocycles. The van der Waals surface area contributed by atoms with Gasteiger partial charge in [-0.2, -0.15) is 0 Å². The molecule has 1 aromatic rings. The summed E-state index contributed by atoms with van der Waals surface area (Å²) >= 11 is 0. The second-order valence-electron chi connectivity index (χ2n) is 2.69. The highest BCUT2D eigenvalue weighted by molar-refractivity contribution is 5.20. The Morgan fingerprint density at radius 3 is 2.58 bits per heavy atom. The van der Waals surface area contributed by atoms with Crippen molar-refractivity contribution in [3.8, 4) is 0 Å². The maximum absolute atomic E-state index is 9.56. The van der Waals surface area contributed by atoms with Crippen LogP contribution in [0.4, 0.5) is 0 Å². The minimum atomic E-state index is -0.453. The van der Waals surface area contributed by atoms with Crippen molar-refractivity contribution in [2.45, 2.75) is 19.4 Å². The maximum Gasteiger partial charge on any atom is 0.0971 e. The molecule has 64 valence electrons. The second-order valence-corrected chi connectivity index (χ2v) is 2.69. The Labute approximate surface area is 73.4 Å². The highest BCUT2D eigenvalue weighted by Gasteiger charge is 1.99. The molecule has 1 rings (SSSR count). The number of benzene rings is 1. The third kappa shape index (κ3) is 2.51. The number of aliphatic hydroxyl groups is 1. The first-order chi connectivity index (χ1) is 5.84. The fourth-order valence-electron chi connectivity index (χ4n) is 1.03. The summed E-state index contributed by atoms with van der Waals surface area (Å²) in [6, 6.07) is 9.64. The molecule has 0 aliphatic heterocycles. The molecular weight excluding hydrogens is 148 g/mol. The van der Waals surface area contributed by atoms with Crippen LogP contribution >= 0.6 is 0 Å². The van der Waals surface area contributed by atoms with E-state index in [2.05, 4.69) is 0 Å². The molecule has 0 bridgehead atoms. The highest BCUT2D eigenvalue weighted by atomic mass is 16.3. The maximum atomic E-state index is 9.56. The van der Waals surface area contributed by atoms with E-state index in [9.17, 15) is 5.11 Å². The van der Waals surface area contributed by atoms with Crippen molar-refractivity contribution >= 4 is 0 Å². The van der Waals surface area contributed by atoms with Crippen LogP contribution in [0.5, 0.6) is 0 Å². The fourth-order valence-corrected chi connectivity index (χ4v) is 1.03. The summed E-state index contributed by atoms with van der Waals surface area (Å²) in [4.78, 5) is 0. The molecule has 0 spiro atoms. The second kappa shape index (κ2) is 4.73. The number of hydrogen-bond donors (Lipinski definition) is 1. The highest BCUT2D eigenvalue weighted by Crippen LogP contribution is 2.12. The monoisotopic (exact) mass is 162 g/mol. The Morgan fingerprint density at radius 2 is 2.00 bits per heavy atom. The Kier molecular flexibility index (Phi) is 3.55. The SMILES string of the molecule is CCC=CC(O)c1ccccc1. The van der Waals surface area contributed by atoms with Gasteiger partial charge in [-0.15, -0.1) is 0 Å². The van der Waals surface area contributed by atoms with Crippen LogP contribution < -0.4 is 0 Å². The van der Waals surface area contributed by atoms with E-state index in [1.165, 1.54) is 0 Å². The zero-order valence-corrected chi connectivity index (χ0v) is 7.27. The lowest BCUT2D eigenvalue weighted by molar-refractivity contribution is 0.228. The third-order valence-electron chi connectivity index (χ3n) is 1.70. The van der Waals surface area contributed by atoms with Gasteiger partial charge in [-0.05, 0) is 12.0 Å². The lowest BCUT2D eigenvalue weighted by Gasteiger charge is -2.04. The molecule has 1 unspecified atom stereocenters. The smallest absolute Gasteiger partial charge is 0.0971 e. The van der Waals surface area contributed by atoms with E-state index < -0.39 is 6.10 Å². The Balaban J connectivity index is 2.65. The quantitative estimate of drug-likeness (QED) is 0.677. The largest absolute Gasteiger partial charge is 0.384 e. The Bertz CT molecular complexity index is 238. The molecular formula is C11H14O. The first kappa shape index (κ1) is 9.01. The number of aliphatic hydroxyl groups excluding tert-OH is 1. The molecule has 0 amide bonds. The summed E-state index contributed by atoms with van der Waals surface area (Å²) in [5.74, 6) is 0. The van der Waals surface area contributed by atoms with E-state index in [0.717, 1.165) is 12.0 Å². The van der Waals surface area contributed by atoms with Gasteiger partial charge in [0.05, 0.1) is 6.10 Å². The summed E-state index contributed by atoms with van der Waals surface area (Å²) < 4.78 is 0. The molecule has 12 heavy (non-hydrogen) atoms. The molecule has 1 atom stereocenters. The molecule has 0 aromatic heterocycles. The standard InChI is InChI=1S/C11H14O/c1-2-3-9-11(12)10-7-5-4-6-8-10/h3-9,11-12H,2H2,1H3. The zero-order valence-electron chi connectivity index (χ0n) is 7.27. The van der Waals surface area contributed by atoms with Gasteiger partial charge >= 0.3 is 0 Å². The van der Waals surface area contributed by atoms with E-state index >= 15 is 0 Å². The summed E-state index contributed by atoms with van der Waals surface area (Å²) in [6.45, 7) is 2.05. The molecule has 1 N–H and O–H groups in total. The Morgan fingerprint density at radius 1 is 1.33 bits per heavy atom. The van der Waals surface area contributed by atoms with E-state index in [0.29, 0.717) is 0 Å². The molecule has 0 aliphatic rings. The van der Waals surface area contributed by atoms with Gasteiger partial charge in [0.25, 0.3) is 0 Å².